The summed E-state index contributed by atoms with van der Waals surface area (Å²) in [4.78, 5) is 24.0. The SMILES string of the molecule is COC(=O)c1cccc(NC(=O)c2cnn(C(C)(C)C)c2C)c1. The first-order chi connectivity index (χ1) is 10.7. The lowest BCUT2D eigenvalue weighted by atomic mass is 10.1. The molecule has 1 aromatic carbocycles. The highest BCUT2D eigenvalue weighted by molar-refractivity contribution is 6.05. The molecule has 6 heteroatoms. The standard InChI is InChI=1S/C17H21N3O3/c1-11-14(10-18-20(11)17(2,3)4)15(21)19-13-8-6-7-12(9-13)16(22)23-5/h6-10H,1-5H3,(H,19,21). The number of carbonyl (C=O) groups is 2. The molecule has 2 aromatic rings. The molecular formula is C17H21N3O3. The van der Waals surface area contributed by atoms with Gasteiger partial charge in [-0.15, -0.1) is 0 Å². The molecule has 1 N–H and O–H groups in total. The molecule has 2 rings (SSSR count). The van der Waals surface area contributed by atoms with Gasteiger partial charge < -0.3 is 10.1 Å². The van der Waals surface area contributed by atoms with Crippen molar-refractivity contribution >= 4 is 17.6 Å². The molecule has 0 saturated heterocycles. The normalized spacial score (nSPS) is 11.2. The van der Waals surface area contributed by atoms with Crippen molar-refractivity contribution in [2.45, 2.75) is 33.2 Å². The smallest absolute Gasteiger partial charge is 0.337 e. The van der Waals surface area contributed by atoms with Gasteiger partial charge in [-0.3, -0.25) is 9.48 Å². The van der Waals surface area contributed by atoms with E-state index >= 15 is 0 Å². The van der Waals surface area contributed by atoms with Gasteiger partial charge in [-0.25, -0.2) is 4.79 Å². The first-order valence-corrected chi connectivity index (χ1v) is 7.29. The van der Waals surface area contributed by atoms with Gasteiger partial charge in [0, 0.05) is 11.4 Å². The molecule has 0 aliphatic heterocycles. The van der Waals surface area contributed by atoms with Gasteiger partial charge in [0.25, 0.3) is 5.91 Å². The number of nitrogens with zero attached hydrogens (tertiary/aromatic N) is 2. The van der Waals surface area contributed by atoms with E-state index in [1.165, 1.54) is 7.11 Å². The van der Waals surface area contributed by atoms with E-state index in [-0.39, 0.29) is 11.4 Å². The number of ether oxygens (including phenoxy) is 1. The second-order valence-electron chi connectivity index (χ2n) is 6.25. The molecule has 0 aliphatic carbocycles. The second-order valence-corrected chi connectivity index (χ2v) is 6.25. The number of aromatic nitrogens is 2. The van der Waals surface area contributed by atoms with Gasteiger partial charge in [-0.1, -0.05) is 6.07 Å². The lowest BCUT2D eigenvalue weighted by Gasteiger charge is -2.21. The van der Waals surface area contributed by atoms with Gasteiger partial charge in [0.1, 0.15) is 0 Å². The number of esters is 1. The van der Waals surface area contributed by atoms with Gasteiger partial charge >= 0.3 is 5.97 Å². The predicted molar refractivity (Wildman–Crippen MR) is 87.7 cm³/mol. The maximum atomic E-state index is 12.4. The molecule has 0 aliphatic rings. The highest BCUT2D eigenvalue weighted by Crippen LogP contribution is 2.20. The van der Waals surface area contributed by atoms with Crippen molar-refractivity contribution < 1.29 is 14.3 Å². The van der Waals surface area contributed by atoms with Crippen LogP contribution in [0.1, 0.15) is 47.2 Å². The van der Waals surface area contributed by atoms with Crippen LogP contribution in [-0.2, 0) is 10.3 Å². The third-order valence-electron chi connectivity index (χ3n) is 3.43. The Bertz CT molecular complexity index is 742. The molecule has 122 valence electrons. The molecule has 0 saturated carbocycles. The van der Waals surface area contributed by atoms with Crippen molar-refractivity contribution in [3.63, 3.8) is 0 Å². The van der Waals surface area contributed by atoms with E-state index in [1.807, 2.05) is 32.4 Å². The average Bonchev–Trinajstić information content (AvgIpc) is 2.88. The fraction of sp³-hybridized carbons (Fsp3) is 0.353. The number of carbonyl (C=O) groups excluding carboxylic acids is 2. The van der Waals surface area contributed by atoms with Crippen LogP contribution in [0.15, 0.2) is 30.5 Å². The zero-order valence-electron chi connectivity index (χ0n) is 14.0. The quantitative estimate of drug-likeness (QED) is 0.884. The van der Waals surface area contributed by atoms with E-state index in [4.69, 9.17) is 0 Å². The maximum Gasteiger partial charge on any atom is 0.337 e. The summed E-state index contributed by atoms with van der Waals surface area (Å²) in [7, 11) is 1.32. The Hall–Kier alpha value is -2.63. The number of nitrogens with one attached hydrogen (secondary N) is 1. The zero-order valence-corrected chi connectivity index (χ0v) is 14.0. The molecule has 1 aromatic heterocycles. The molecule has 23 heavy (non-hydrogen) atoms. The van der Waals surface area contributed by atoms with Crippen molar-refractivity contribution in [2.24, 2.45) is 0 Å². The molecule has 1 heterocycles. The van der Waals surface area contributed by atoms with Crippen LogP contribution in [0, 0.1) is 6.92 Å². The Kier molecular flexibility index (Phi) is 4.54. The number of amides is 1. The fourth-order valence-electron chi connectivity index (χ4n) is 2.35. The Morgan fingerprint density at radius 3 is 2.52 bits per heavy atom. The van der Waals surface area contributed by atoms with E-state index in [0.29, 0.717) is 16.8 Å². The lowest BCUT2D eigenvalue weighted by molar-refractivity contribution is 0.0600. The average molecular weight is 315 g/mol. The van der Waals surface area contributed by atoms with E-state index in [0.717, 1.165) is 5.69 Å². The first kappa shape index (κ1) is 16.7. The van der Waals surface area contributed by atoms with Gasteiger partial charge in [0.05, 0.1) is 30.0 Å². The van der Waals surface area contributed by atoms with Crippen molar-refractivity contribution in [1.29, 1.82) is 0 Å². The van der Waals surface area contributed by atoms with Crippen LogP contribution in [0.25, 0.3) is 0 Å². The van der Waals surface area contributed by atoms with Crippen LogP contribution < -0.4 is 5.32 Å². The summed E-state index contributed by atoms with van der Waals surface area (Å²) < 4.78 is 6.49. The Morgan fingerprint density at radius 2 is 1.96 bits per heavy atom. The predicted octanol–water partition coefficient (Wildman–Crippen LogP) is 2.99. The molecule has 0 atom stereocenters. The molecule has 0 spiro atoms. The number of anilines is 1. The summed E-state index contributed by atoms with van der Waals surface area (Å²) in [5.41, 5.74) is 2.00. The molecule has 6 nitrogen and oxygen atoms in total. The minimum absolute atomic E-state index is 0.201. The van der Waals surface area contributed by atoms with Crippen molar-refractivity contribution in [3.8, 4) is 0 Å². The molecule has 0 radical (unpaired) electrons. The summed E-state index contributed by atoms with van der Waals surface area (Å²) in [5, 5.41) is 7.07. The highest BCUT2D eigenvalue weighted by Gasteiger charge is 2.21. The highest BCUT2D eigenvalue weighted by atomic mass is 16.5. The van der Waals surface area contributed by atoms with Crippen LogP contribution in [0.2, 0.25) is 0 Å². The Morgan fingerprint density at radius 1 is 1.26 bits per heavy atom. The maximum absolute atomic E-state index is 12.4. The third-order valence-corrected chi connectivity index (χ3v) is 3.43. The second kappa shape index (κ2) is 6.24. The van der Waals surface area contributed by atoms with Gasteiger partial charge in [-0.05, 0) is 45.9 Å². The first-order valence-electron chi connectivity index (χ1n) is 7.29. The minimum atomic E-state index is -0.446. The zero-order chi connectivity index (χ0) is 17.2. The molecule has 0 unspecified atom stereocenters. The number of rotatable bonds is 3. The molecular weight excluding hydrogens is 294 g/mol. The Labute approximate surface area is 135 Å². The van der Waals surface area contributed by atoms with Crippen molar-refractivity contribution in [2.75, 3.05) is 12.4 Å². The summed E-state index contributed by atoms with van der Waals surface area (Å²) in [6, 6.07) is 6.61. The lowest BCUT2D eigenvalue weighted by Crippen LogP contribution is -2.25. The van der Waals surface area contributed by atoms with Crippen molar-refractivity contribution in [1.82, 2.24) is 9.78 Å². The number of methoxy groups -OCH3 is 1. The van der Waals surface area contributed by atoms with Gasteiger partial charge in [0.15, 0.2) is 0 Å². The van der Waals surface area contributed by atoms with Crippen LogP contribution in [0.4, 0.5) is 5.69 Å². The molecule has 0 fully saturated rings. The molecule has 0 bridgehead atoms. The van der Waals surface area contributed by atoms with Crippen LogP contribution >= 0.6 is 0 Å². The van der Waals surface area contributed by atoms with Gasteiger partial charge in [0.2, 0.25) is 0 Å². The van der Waals surface area contributed by atoms with Crippen LogP contribution in [0.3, 0.4) is 0 Å². The summed E-state index contributed by atoms with van der Waals surface area (Å²) in [6.07, 6.45) is 1.56. The van der Waals surface area contributed by atoms with E-state index < -0.39 is 5.97 Å². The fourth-order valence-corrected chi connectivity index (χ4v) is 2.35. The number of hydrogen-bond acceptors (Lipinski definition) is 4. The minimum Gasteiger partial charge on any atom is -0.465 e. The summed E-state index contributed by atoms with van der Waals surface area (Å²) in [5.74, 6) is -0.710. The molecule has 1 amide bonds. The van der Waals surface area contributed by atoms with Crippen LogP contribution in [0.5, 0.6) is 0 Å². The summed E-state index contributed by atoms with van der Waals surface area (Å²) in [6.45, 7) is 7.93. The van der Waals surface area contributed by atoms with E-state index in [2.05, 4.69) is 15.2 Å². The van der Waals surface area contributed by atoms with Crippen LogP contribution in [-0.4, -0.2) is 28.8 Å². The van der Waals surface area contributed by atoms with E-state index in [9.17, 15) is 9.59 Å². The number of benzene rings is 1. The Balaban J connectivity index is 2.23. The third kappa shape index (κ3) is 3.59. The largest absolute Gasteiger partial charge is 0.465 e. The van der Waals surface area contributed by atoms with Crippen molar-refractivity contribution in [3.05, 3.63) is 47.3 Å². The summed E-state index contributed by atoms with van der Waals surface area (Å²) >= 11 is 0. The monoisotopic (exact) mass is 315 g/mol. The van der Waals surface area contributed by atoms with Gasteiger partial charge in [-0.2, -0.15) is 5.10 Å². The van der Waals surface area contributed by atoms with E-state index in [1.54, 1.807) is 30.5 Å². The topological polar surface area (TPSA) is 73.2 Å². The number of hydrogen-bond donors (Lipinski definition) is 1.